The molecule has 0 unspecified atom stereocenters. The van der Waals surface area contributed by atoms with Crippen molar-refractivity contribution in [2.24, 2.45) is 0 Å². The van der Waals surface area contributed by atoms with Gasteiger partial charge >= 0.3 is 0 Å². The summed E-state index contributed by atoms with van der Waals surface area (Å²) in [4.78, 5) is 15.6. The highest BCUT2D eigenvalue weighted by Gasteiger charge is 2.21. The molecule has 4 aromatic heterocycles. The van der Waals surface area contributed by atoms with Gasteiger partial charge in [-0.05, 0) is 89.0 Å². The fourth-order valence-electron chi connectivity index (χ4n) is 9.34. The Kier molecular flexibility index (Phi) is 8.01. The largest absolute Gasteiger partial charge is 0.456 e. The minimum absolute atomic E-state index is 0.599. The Hall–Kier alpha value is -8.19. The zero-order valence-corrected chi connectivity index (χ0v) is 34.6. The van der Waals surface area contributed by atoms with Gasteiger partial charge in [0, 0.05) is 64.1 Å². The molecule has 0 aliphatic rings. The summed E-state index contributed by atoms with van der Waals surface area (Å²) >= 11 is 1.78. The summed E-state index contributed by atoms with van der Waals surface area (Å²) in [6.45, 7) is 0. The number of benzene rings is 9. The van der Waals surface area contributed by atoms with E-state index >= 15 is 0 Å². The van der Waals surface area contributed by atoms with Crippen LogP contribution >= 0.6 is 11.3 Å². The highest BCUT2D eigenvalue weighted by molar-refractivity contribution is 7.26. The summed E-state index contributed by atoms with van der Waals surface area (Å²) in [5.41, 5.74) is 12.5. The van der Waals surface area contributed by atoms with E-state index in [1.807, 2.05) is 30.3 Å². The second-order valence-corrected chi connectivity index (χ2v) is 17.0. The first-order valence-corrected chi connectivity index (χ1v) is 21.9. The maximum atomic E-state index is 6.56. The number of hydrogen-bond acceptors (Lipinski definition) is 5. The summed E-state index contributed by atoms with van der Waals surface area (Å²) in [6.07, 6.45) is 0. The molecule has 0 saturated carbocycles. The molecule has 0 aliphatic heterocycles. The summed E-state index contributed by atoms with van der Waals surface area (Å²) in [5.74, 6) is 1.86. The first-order valence-electron chi connectivity index (χ1n) is 21.1. The molecule has 4 heterocycles. The van der Waals surface area contributed by atoms with Crippen LogP contribution in [0.3, 0.4) is 0 Å². The van der Waals surface area contributed by atoms with Crippen molar-refractivity contribution in [3.63, 3.8) is 0 Å². The maximum absolute atomic E-state index is 6.56. The summed E-state index contributed by atoms with van der Waals surface area (Å²) in [5, 5.41) is 6.89. The summed E-state index contributed by atoms with van der Waals surface area (Å²) in [6, 6.07) is 72.7. The molecule has 0 fully saturated rings. The number of rotatable bonds is 6. The predicted molar refractivity (Wildman–Crippen MR) is 262 cm³/mol. The lowest BCUT2D eigenvalue weighted by Gasteiger charge is -2.10. The molecule has 0 aliphatic carbocycles. The van der Waals surface area contributed by atoms with Gasteiger partial charge in [-0.15, -0.1) is 11.3 Å². The van der Waals surface area contributed by atoms with Crippen LogP contribution in [0.4, 0.5) is 0 Å². The normalized spacial score (nSPS) is 11.8. The second-order valence-electron chi connectivity index (χ2n) is 15.9. The Labute approximate surface area is 365 Å². The lowest BCUT2D eigenvalue weighted by Crippen LogP contribution is -2.00. The van der Waals surface area contributed by atoms with Crippen LogP contribution in [0.15, 0.2) is 211 Å². The third-order valence-corrected chi connectivity index (χ3v) is 13.5. The van der Waals surface area contributed by atoms with Gasteiger partial charge in [-0.25, -0.2) is 15.0 Å². The molecule has 63 heavy (non-hydrogen) atoms. The molecule has 13 aromatic rings. The van der Waals surface area contributed by atoms with Crippen molar-refractivity contribution in [1.82, 2.24) is 19.5 Å². The Balaban J connectivity index is 0.948. The van der Waals surface area contributed by atoms with E-state index in [1.54, 1.807) is 11.3 Å². The van der Waals surface area contributed by atoms with Gasteiger partial charge in [-0.2, -0.15) is 0 Å². The number of para-hydroxylation sites is 2. The van der Waals surface area contributed by atoms with E-state index in [-0.39, 0.29) is 0 Å². The van der Waals surface area contributed by atoms with E-state index in [2.05, 4.69) is 180 Å². The van der Waals surface area contributed by atoms with Gasteiger partial charge in [0.15, 0.2) is 17.5 Å². The van der Waals surface area contributed by atoms with Gasteiger partial charge in [-0.1, -0.05) is 140 Å². The van der Waals surface area contributed by atoms with Crippen LogP contribution < -0.4 is 0 Å². The van der Waals surface area contributed by atoms with Gasteiger partial charge < -0.3 is 8.98 Å². The van der Waals surface area contributed by atoms with E-state index in [4.69, 9.17) is 19.4 Å². The van der Waals surface area contributed by atoms with E-state index < -0.39 is 0 Å². The van der Waals surface area contributed by atoms with Gasteiger partial charge in [0.25, 0.3) is 0 Å². The first kappa shape index (κ1) is 35.6. The lowest BCUT2D eigenvalue weighted by molar-refractivity contribution is 0.669. The van der Waals surface area contributed by atoms with Crippen molar-refractivity contribution in [2.45, 2.75) is 0 Å². The van der Waals surface area contributed by atoms with Crippen molar-refractivity contribution in [3.05, 3.63) is 206 Å². The number of nitrogens with zero attached hydrogens (tertiary/aromatic N) is 4. The zero-order valence-electron chi connectivity index (χ0n) is 33.7. The van der Waals surface area contributed by atoms with Crippen LogP contribution in [0.5, 0.6) is 0 Å². The molecule has 0 spiro atoms. The van der Waals surface area contributed by atoms with E-state index in [1.165, 1.54) is 42.8 Å². The van der Waals surface area contributed by atoms with Crippen molar-refractivity contribution >= 4 is 75.3 Å². The minimum atomic E-state index is 0.599. The first-order chi connectivity index (χ1) is 31.2. The number of aromatic nitrogens is 4. The van der Waals surface area contributed by atoms with Gasteiger partial charge in [0.2, 0.25) is 0 Å². The van der Waals surface area contributed by atoms with Crippen molar-refractivity contribution < 1.29 is 4.42 Å². The lowest BCUT2D eigenvalue weighted by atomic mass is 9.96. The number of fused-ring (bicyclic) bond motifs is 9. The fraction of sp³-hybridized carbons (Fsp3) is 0. The monoisotopic (exact) mass is 822 g/mol. The SMILES string of the molecule is c1ccc(-c2nc(-c3cccc4c3sc3ccccc34)nc(-c3cccc4oc5ccc(-c6cccc(-c7ccc8c(c7)c7ccccc7n8-c7ccccc7)c6)cc5c34)n2)cc1. The minimum Gasteiger partial charge on any atom is -0.456 e. The van der Waals surface area contributed by atoms with Crippen LogP contribution in [0.2, 0.25) is 0 Å². The Morgan fingerprint density at radius 3 is 1.79 bits per heavy atom. The Morgan fingerprint density at radius 1 is 0.365 bits per heavy atom. The van der Waals surface area contributed by atoms with Gasteiger partial charge in [-0.3, -0.25) is 0 Å². The molecule has 0 saturated heterocycles. The second kappa shape index (κ2) is 14.2. The molecular formula is C57H34N4OS. The van der Waals surface area contributed by atoms with Crippen LogP contribution in [-0.2, 0) is 0 Å². The van der Waals surface area contributed by atoms with Crippen molar-refractivity contribution in [1.29, 1.82) is 0 Å². The average Bonchev–Trinajstić information content (AvgIpc) is 4.04. The van der Waals surface area contributed by atoms with Crippen molar-refractivity contribution in [2.75, 3.05) is 0 Å². The summed E-state index contributed by atoms with van der Waals surface area (Å²) < 4.78 is 11.3. The quantitative estimate of drug-likeness (QED) is 0.168. The van der Waals surface area contributed by atoms with Crippen LogP contribution in [0.1, 0.15) is 0 Å². The third-order valence-electron chi connectivity index (χ3n) is 12.3. The van der Waals surface area contributed by atoms with Gasteiger partial charge in [0.1, 0.15) is 11.2 Å². The highest BCUT2D eigenvalue weighted by Crippen LogP contribution is 2.42. The molecule has 0 radical (unpaired) electrons. The number of furan rings is 1. The van der Waals surface area contributed by atoms with E-state index in [0.717, 1.165) is 65.7 Å². The molecule has 5 nitrogen and oxygen atoms in total. The number of hydrogen-bond donors (Lipinski definition) is 0. The third kappa shape index (κ3) is 5.80. The molecule has 9 aromatic carbocycles. The molecule has 0 N–H and O–H groups in total. The maximum Gasteiger partial charge on any atom is 0.165 e. The average molecular weight is 823 g/mol. The molecule has 0 amide bonds. The molecular weight excluding hydrogens is 789 g/mol. The fourth-order valence-corrected chi connectivity index (χ4v) is 10.5. The Morgan fingerprint density at radius 2 is 0.952 bits per heavy atom. The summed E-state index contributed by atoms with van der Waals surface area (Å²) in [7, 11) is 0. The highest BCUT2D eigenvalue weighted by atomic mass is 32.1. The van der Waals surface area contributed by atoms with E-state index in [9.17, 15) is 0 Å². The number of thiophene rings is 1. The molecule has 13 rings (SSSR count). The predicted octanol–water partition coefficient (Wildman–Crippen LogP) is 15.6. The van der Waals surface area contributed by atoms with Gasteiger partial charge in [0.05, 0.1) is 11.0 Å². The molecule has 0 atom stereocenters. The standard InChI is InChI=1S/C57H34N4OS/c1-3-14-35(15-4-1)55-58-56(60-57(59-55)45-24-12-22-43-42-21-8-10-27-52(42)63-54(43)45)44-23-13-26-51-53(44)47-34-39(29-31-50(47)62-51)37-17-11-16-36(32-37)38-28-30-49-46(33-38)41-20-7-9-25-48(41)61(49)40-18-5-2-6-19-40/h1-34H. The topological polar surface area (TPSA) is 56.7 Å². The zero-order chi connectivity index (χ0) is 41.4. The van der Waals surface area contributed by atoms with Crippen molar-refractivity contribution in [3.8, 4) is 62.1 Å². The van der Waals surface area contributed by atoms with Crippen LogP contribution in [0.25, 0.3) is 126 Å². The molecule has 0 bridgehead atoms. The van der Waals surface area contributed by atoms with Crippen LogP contribution in [0, 0.1) is 0 Å². The van der Waals surface area contributed by atoms with E-state index in [0.29, 0.717) is 17.5 Å². The molecule has 6 heteroatoms. The van der Waals surface area contributed by atoms with Crippen LogP contribution in [-0.4, -0.2) is 19.5 Å². The smallest absolute Gasteiger partial charge is 0.165 e. The molecule has 294 valence electrons. The Bertz CT molecular complexity index is 3920.